The van der Waals surface area contributed by atoms with Crippen LogP contribution in [0.5, 0.6) is 5.75 Å². The molecule has 7 heteroatoms. The van der Waals surface area contributed by atoms with Crippen LogP contribution in [0.15, 0.2) is 18.2 Å². The van der Waals surface area contributed by atoms with Crippen LogP contribution >= 0.6 is 23.2 Å². The minimum Gasteiger partial charge on any atom is -0.484 e. The number of benzene rings is 1. The molecule has 0 radical (unpaired) electrons. The molecule has 1 N–H and O–H groups in total. The van der Waals surface area contributed by atoms with E-state index in [0.29, 0.717) is 41.9 Å². The van der Waals surface area contributed by atoms with Gasteiger partial charge in [0.1, 0.15) is 11.3 Å². The van der Waals surface area contributed by atoms with Gasteiger partial charge in [0.2, 0.25) is 0 Å². The van der Waals surface area contributed by atoms with E-state index in [9.17, 15) is 10.1 Å². The highest BCUT2D eigenvalue weighted by atomic mass is 35.5. The summed E-state index contributed by atoms with van der Waals surface area (Å²) in [6.45, 7) is 0.707. The quantitative estimate of drug-likeness (QED) is 0.921. The molecule has 0 unspecified atom stereocenters. The summed E-state index contributed by atoms with van der Waals surface area (Å²) >= 11 is 11.7. The Balaban J connectivity index is 1.91. The highest BCUT2D eigenvalue weighted by Gasteiger charge is 2.34. The number of hydrogen-bond acceptors (Lipinski definition) is 4. The number of carbonyl (C=O) groups excluding carboxylic acids is 1. The molecule has 1 aromatic carbocycles. The van der Waals surface area contributed by atoms with Crippen LogP contribution in [-0.2, 0) is 9.53 Å². The molecule has 0 atom stereocenters. The van der Waals surface area contributed by atoms with Crippen molar-refractivity contribution in [2.45, 2.75) is 18.4 Å². The molecule has 1 fully saturated rings. The summed E-state index contributed by atoms with van der Waals surface area (Å²) in [4.78, 5) is 11.9. The van der Waals surface area contributed by atoms with Gasteiger partial charge >= 0.3 is 0 Å². The van der Waals surface area contributed by atoms with Crippen LogP contribution in [0.4, 0.5) is 0 Å². The topological polar surface area (TPSA) is 71.4 Å². The van der Waals surface area contributed by atoms with E-state index in [1.54, 1.807) is 18.2 Å². The van der Waals surface area contributed by atoms with Gasteiger partial charge in [0.05, 0.1) is 6.07 Å². The van der Waals surface area contributed by atoms with Crippen molar-refractivity contribution in [1.29, 1.82) is 5.26 Å². The summed E-state index contributed by atoms with van der Waals surface area (Å²) < 4.78 is 10.5. The number of nitrogens with zero attached hydrogens (tertiary/aromatic N) is 1. The van der Waals surface area contributed by atoms with Gasteiger partial charge in [0.15, 0.2) is 6.61 Å². The van der Waals surface area contributed by atoms with Crippen LogP contribution in [0.2, 0.25) is 10.0 Å². The number of carbonyl (C=O) groups is 1. The van der Waals surface area contributed by atoms with Crippen molar-refractivity contribution in [2.75, 3.05) is 19.8 Å². The SMILES string of the molecule is N#CC1(NC(=O)COc2cc(Cl)cc(Cl)c2)CCOCC1. The monoisotopic (exact) mass is 328 g/mol. The van der Waals surface area contributed by atoms with Gasteiger partial charge in [-0.15, -0.1) is 0 Å². The number of nitriles is 1. The Kier molecular flexibility index (Phi) is 5.29. The zero-order valence-electron chi connectivity index (χ0n) is 11.2. The van der Waals surface area contributed by atoms with E-state index in [1.807, 2.05) is 0 Å². The summed E-state index contributed by atoms with van der Waals surface area (Å²) in [7, 11) is 0. The van der Waals surface area contributed by atoms with Crippen molar-refractivity contribution >= 4 is 29.1 Å². The Morgan fingerprint density at radius 2 is 1.95 bits per heavy atom. The molecule has 1 saturated heterocycles. The fraction of sp³-hybridized carbons (Fsp3) is 0.429. The molecule has 1 aromatic rings. The first-order valence-corrected chi connectivity index (χ1v) is 7.17. The Morgan fingerprint density at radius 3 is 2.52 bits per heavy atom. The first-order valence-electron chi connectivity index (χ1n) is 6.42. The molecule has 112 valence electrons. The van der Waals surface area contributed by atoms with Crippen LogP contribution in [0.1, 0.15) is 12.8 Å². The number of rotatable bonds is 4. The predicted molar refractivity (Wildman–Crippen MR) is 78.5 cm³/mol. The van der Waals surface area contributed by atoms with Crippen molar-refractivity contribution in [3.05, 3.63) is 28.2 Å². The minimum atomic E-state index is -0.870. The molecular weight excluding hydrogens is 315 g/mol. The first-order chi connectivity index (χ1) is 10.0. The third-order valence-corrected chi connectivity index (χ3v) is 3.58. The van der Waals surface area contributed by atoms with E-state index in [0.717, 1.165) is 0 Å². The average molecular weight is 329 g/mol. The average Bonchev–Trinajstić information content (AvgIpc) is 2.45. The molecule has 1 amide bonds. The van der Waals surface area contributed by atoms with Crippen molar-refractivity contribution in [1.82, 2.24) is 5.32 Å². The van der Waals surface area contributed by atoms with Gasteiger partial charge in [0.25, 0.3) is 5.91 Å². The van der Waals surface area contributed by atoms with Crippen LogP contribution in [0, 0.1) is 11.3 Å². The summed E-state index contributed by atoms with van der Waals surface area (Å²) in [5.41, 5.74) is -0.870. The van der Waals surface area contributed by atoms with Gasteiger partial charge in [-0.3, -0.25) is 4.79 Å². The lowest BCUT2D eigenvalue weighted by molar-refractivity contribution is -0.125. The van der Waals surface area contributed by atoms with E-state index in [-0.39, 0.29) is 12.5 Å². The maximum atomic E-state index is 11.9. The lowest BCUT2D eigenvalue weighted by Gasteiger charge is -2.31. The molecule has 1 aliphatic heterocycles. The number of amides is 1. The van der Waals surface area contributed by atoms with E-state index < -0.39 is 5.54 Å². The summed E-state index contributed by atoms with van der Waals surface area (Å²) in [6, 6.07) is 6.86. The van der Waals surface area contributed by atoms with Gasteiger partial charge in [-0.1, -0.05) is 23.2 Å². The van der Waals surface area contributed by atoms with Gasteiger partial charge in [-0.25, -0.2) is 0 Å². The van der Waals surface area contributed by atoms with Crippen molar-refractivity contribution in [3.63, 3.8) is 0 Å². The Morgan fingerprint density at radius 1 is 1.33 bits per heavy atom. The van der Waals surface area contributed by atoms with Gasteiger partial charge in [0, 0.05) is 36.1 Å². The largest absolute Gasteiger partial charge is 0.484 e. The van der Waals surface area contributed by atoms with Gasteiger partial charge in [-0.2, -0.15) is 5.26 Å². The summed E-state index contributed by atoms with van der Waals surface area (Å²) in [5.74, 6) is 0.0372. The number of halogens is 2. The molecular formula is C14H14Cl2N2O3. The predicted octanol–water partition coefficient (Wildman–Crippen LogP) is 2.56. The maximum absolute atomic E-state index is 11.9. The lowest BCUT2D eigenvalue weighted by Crippen LogP contribution is -2.52. The highest BCUT2D eigenvalue weighted by molar-refractivity contribution is 6.34. The molecule has 0 aromatic heterocycles. The van der Waals surface area contributed by atoms with Crippen LogP contribution in [0.25, 0.3) is 0 Å². The zero-order chi connectivity index (χ0) is 15.3. The van der Waals surface area contributed by atoms with E-state index in [2.05, 4.69) is 11.4 Å². The highest BCUT2D eigenvalue weighted by Crippen LogP contribution is 2.24. The molecule has 0 saturated carbocycles. The summed E-state index contributed by atoms with van der Waals surface area (Å²) in [6.07, 6.45) is 0.941. The molecule has 0 bridgehead atoms. The van der Waals surface area contributed by atoms with Crippen LogP contribution < -0.4 is 10.1 Å². The number of hydrogen-bond donors (Lipinski definition) is 1. The molecule has 5 nitrogen and oxygen atoms in total. The van der Waals surface area contributed by atoms with E-state index >= 15 is 0 Å². The van der Waals surface area contributed by atoms with Gasteiger partial charge < -0.3 is 14.8 Å². The smallest absolute Gasteiger partial charge is 0.259 e. The second kappa shape index (κ2) is 6.99. The second-order valence-corrected chi connectivity index (χ2v) is 5.62. The second-order valence-electron chi connectivity index (χ2n) is 4.75. The third kappa shape index (κ3) is 4.50. The molecule has 0 spiro atoms. The molecule has 1 heterocycles. The number of ether oxygens (including phenoxy) is 2. The third-order valence-electron chi connectivity index (χ3n) is 3.15. The standard InChI is InChI=1S/C14H14Cl2N2O3/c15-10-5-11(16)7-12(6-10)21-8-13(19)18-14(9-17)1-3-20-4-2-14/h5-7H,1-4,8H2,(H,18,19). The lowest BCUT2D eigenvalue weighted by atomic mass is 9.92. The van der Waals surface area contributed by atoms with Crippen molar-refractivity contribution in [2.24, 2.45) is 0 Å². The Hall–Kier alpha value is -1.48. The first kappa shape index (κ1) is 15.9. The van der Waals surface area contributed by atoms with E-state index in [1.165, 1.54) is 0 Å². The number of nitrogens with one attached hydrogen (secondary N) is 1. The Labute approximate surface area is 132 Å². The van der Waals surface area contributed by atoms with Crippen LogP contribution in [-0.4, -0.2) is 31.3 Å². The fourth-order valence-electron chi connectivity index (χ4n) is 2.05. The van der Waals surface area contributed by atoms with E-state index in [4.69, 9.17) is 32.7 Å². The minimum absolute atomic E-state index is 0.207. The van der Waals surface area contributed by atoms with Gasteiger partial charge in [-0.05, 0) is 18.2 Å². The molecule has 1 aliphatic rings. The normalized spacial score (nSPS) is 16.8. The molecule has 2 rings (SSSR count). The van der Waals surface area contributed by atoms with Crippen molar-refractivity contribution < 1.29 is 14.3 Å². The fourth-order valence-corrected chi connectivity index (χ4v) is 2.55. The Bertz CT molecular complexity index is 546. The van der Waals surface area contributed by atoms with Crippen LogP contribution in [0.3, 0.4) is 0 Å². The maximum Gasteiger partial charge on any atom is 0.259 e. The van der Waals surface area contributed by atoms with Crippen molar-refractivity contribution in [3.8, 4) is 11.8 Å². The zero-order valence-corrected chi connectivity index (χ0v) is 12.7. The molecule has 0 aliphatic carbocycles. The summed E-state index contributed by atoms with van der Waals surface area (Å²) in [5, 5.41) is 12.8. The molecule has 21 heavy (non-hydrogen) atoms.